The normalized spacial score (nSPS) is 15.8. The molecule has 0 aliphatic heterocycles. The van der Waals surface area contributed by atoms with Crippen LogP contribution in [0.25, 0.3) is 0 Å². The van der Waals surface area contributed by atoms with Crippen LogP contribution in [0.1, 0.15) is 30.0 Å². The Bertz CT molecular complexity index is 563. The number of rotatable bonds is 5. The first-order chi connectivity index (χ1) is 9.75. The average molecular weight is 286 g/mol. The van der Waals surface area contributed by atoms with E-state index in [2.05, 4.69) is 11.4 Å². The lowest BCUT2D eigenvalue weighted by atomic mass is 10.1. The first-order valence-corrected chi connectivity index (χ1v) is 7.82. The highest BCUT2D eigenvalue weighted by atomic mass is 32.1. The molecular weight excluding hydrogens is 268 g/mol. The van der Waals surface area contributed by atoms with Crippen molar-refractivity contribution in [1.82, 2.24) is 4.90 Å². The van der Waals surface area contributed by atoms with E-state index in [1.807, 2.05) is 40.6 Å². The summed E-state index contributed by atoms with van der Waals surface area (Å²) in [6.45, 7) is 0.674. The van der Waals surface area contributed by atoms with Crippen molar-refractivity contribution in [2.24, 2.45) is 5.73 Å². The Hall–Kier alpha value is -1.65. The third-order valence-electron chi connectivity index (χ3n) is 3.63. The molecule has 1 amide bonds. The molecule has 1 heterocycles. The second-order valence-corrected chi connectivity index (χ2v) is 6.00. The zero-order valence-corrected chi connectivity index (χ0v) is 12.1. The molecule has 0 unspecified atom stereocenters. The molecule has 0 spiro atoms. The lowest BCUT2D eigenvalue weighted by molar-refractivity contribution is -0.134. The van der Waals surface area contributed by atoms with Gasteiger partial charge in [0.15, 0.2) is 0 Å². The minimum absolute atomic E-state index is 0.0323. The van der Waals surface area contributed by atoms with Gasteiger partial charge in [0.2, 0.25) is 5.91 Å². The third-order valence-corrected chi connectivity index (χ3v) is 4.36. The third kappa shape index (κ3) is 2.92. The van der Waals surface area contributed by atoms with Crippen molar-refractivity contribution in [2.45, 2.75) is 31.5 Å². The van der Waals surface area contributed by atoms with Gasteiger partial charge in [-0.25, -0.2) is 0 Å². The van der Waals surface area contributed by atoms with Crippen molar-refractivity contribution in [3.63, 3.8) is 0 Å². The fourth-order valence-electron chi connectivity index (χ4n) is 2.33. The summed E-state index contributed by atoms with van der Waals surface area (Å²) in [5.74, 6) is 0.0323. The molecule has 1 aliphatic rings. The molecule has 20 heavy (non-hydrogen) atoms. The standard InChI is InChI=1S/C16H18N2OS/c17-15(13-4-2-1-3-5-13)16(19)18(14-6-7-14)10-12-8-9-20-11-12/h1-5,8-9,11,14-15H,6-7,10,17H2/t15-/m1/s1. The second kappa shape index (κ2) is 5.77. The Morgan fingerprint density at radius 2 is 2.05 bits per heavy atom. The van der Waals surface area contributed by atoms with Crippen LogP contribution in [0, 0.1) is 0 Å². The highest BCUT2D eigenvalue weighted by molar-refractivity contribution is 7.07. The summed E-state index contributed by atoms with van der Waals surface area (Å²) in [5.41, 5.74) is 8.22. The van der Waals surface area contributed by atoms with Crippen LogP contribution in [0.15, 0.2) is 47.2 Å². The van der Waals surface area contributed by atoms with E-state index in [1.165, 1.54) is 5.56 Å². The molecule has 1 aromatic carbocycles. The molecule has 2 aromatic rings. The molecule has 1 atom stereocenters. The molecule has 104 valence electrons. The zero-order chi connectivity index (χ0) is 13.9. The number of hydrogen-bond acceptors (Lipinski definition) is 3. The van der Waals surface area contributed by atoms with Crippen molar-refractivity contribution < 1.29 is 4.79 Å². The van der Waals surface area contributed by atoms with Crippen molar-refractivity contribution in [1.29, 1.82) is 0 Å². The van der Waals surface area contributed by atoms with Crippen molar-refractivity contribution in [3.05, 3.63) is 58.3 Å². The fraction of sp³-hybridized carbons (Fsp3) is 0.312. The van der Waals surface area contributed by atoms with Crippen molar-refractivity contribution in [2.75, 3.05) is 0 Å². The van der Waals surface area contributed by atoms with Crippen LogP contribution in [0.3, 0.4) is 0 Å². The molecule has 2 N–H and O–H groups in total. The Kier molecular flexibility index (Phi) is 3.85. The van der Waals surface area contributed by atoms with Crippen LogP contribution in [0.5, 0.6) is 0 Å². The predicted molar refractivity (Wildman–Crippen MR) is 81.3 cm³/mol. The highest BCUT2D eigenvalue weighted by Gasteiger charge is 2.35. The maximum atomic E-state index is 12.7. The molecule has 1 aliphatic carbocycles. The molecule has 3 nitrogen and oxygen atoms in total. The van der Waals surface area contributed by atoms with Gasteiger partial charge in [-0.2, -0.15) is 11.3 Å². The summed E-state index contributed by atoms with van der Waals surface area (Å²) >= 11 is 1.66. The quantitative estimate of drug-likeness (QED) is 0.918. The van der Waals surface area contributed by atoms with Gasteiger partial charge >= 0.3 is 0 Å². The topological polar surface area (TPSA) is 46.3 Å². The van der Waals surface area contributed by atoms with Gasteiger partial charge in [0.1, 0.15) is 6.04 Å². The minimum atomic E-state index is -0.560. The van der Waals surface area contributed by atoms with Gasteiger partial charge in [0.05, 0.1) is 0 Å². The Morgan fingerprint density at radius 1 is 1.30 bits per heavy atom. The highest BCUT2D eigenvalue weighted by Crippen LogP contribution is 2.30. The van der Waals surface area contributed by atoms with Crippen molar-refractivity contribution in [3.8, 4) is 0 Å². The minimum Gasteiger partial charge on any atom is -0.334 e. The van der Waals surface area contributed by atoms with E-state index in [0.29, 0.717) is 12.6 Å². The van der Waals surface area contributed by atoms with Gasteiger partial charge in [-0.3, -0.25) is 4.79 Å². The molecule has 1 fully saturated rings. The Morgan fingerprint density at radius 3 is 2.65 bits per heavy atom. The number of benzene rings is 1. The number of carbonyl (C=O) groups is 1. The predicted octanol–water partition coefficient (Wildman–Crippen LogP) is 2.94. The molecule has 4 heteroatoms. The maximum absolute atomic E-state index is 12.7. The smallest absolute Gasteiger partial charge is 0.244 e. The summed E-state index contributed by atoms with van der Waals surface area (Å²) in [4.78, 5) is 14.6. The van der Waals surface area contributed by atoms with Crippen LogP contribution >= 0.6 is 11.3 Å². The van der Waals surface area contributed by atoms with Crippen LogP contribution in [-0.4, -0.2) is 16.8 Å². The number of nitrogens with zero attached hydrogens (tertiary/aromatic N) is 1. The molecular formula is C16H18N2OS. The number of nitrogens with two attached hydrogens (primary N) is 1. The largest absolute Gasteiger partial charge is 0.334 e. The van der Waals surface area contributed by atoms with Gasteiger partial charge < -0.3 is 10.6 Å². The Labute approximate surface area is 123 Å². The Balaban J connectivity index is 1.75. The summed E-state index contributed by atoms with van der Waals surface area (Å²) in [6, 6.07) is 11.5. The van der Waals surface area contributed by atoms with E-state index in [-0.39, 0.29) is 5.91 Å². The molecule has 1 aromatic heterocycles. The fourth-order valence-corrected chi connectivity index (χ4v) is 2.99. The van der Waals surface area contributed by atoms with E-state index in [4.69, 9.17) is 5.73 Å². The van der Waals surface area contributed by atoms with E-state index < -0.39 is 6.04 Å². The summed E-state index contributed by atoms with van der Waals surface area (Å²) in [6.07, 6.45) is 2.19. The SMILES string of the molecule is N[C@@H](C(=O)N(Cc1ccsc1)C1CC1)c1ccccc1. The lowest BCUT2D eigenvalue weighted by Gasteiger charge is -2.25. The van der Waals surface area contributed by atoms with Crippen LogP contribution in [0.2, 0.25) is 0 Å². The monoisotopic (exact) mass is 286 g/mol. The van der Waals surface area contributed by atoms with E-state index in [0.717, 1.165) is 18.4 Å². The van der Waals surface area contributed by atoms with Gasteiger partial charge in [0.25, 0.3) is 0 Å². The molecule has 0 saturated heterocycles. The van der Waals surface area contributed by atoms with Gasteiger partial charge in [-0.1, -0.05) is 30.3 Å². The zero-order valence-electron chi connectivity index (χ0n) is 11.2. The molecule has 3 rings (SSSR count). The van der Waals surface area contributed by atoms with Crippen LogP contribution in [0.4, 0.5) is 0 Å². The first-order valence-electron chi connectivity index (χ1n) is 6.88. The van der Waals surface area contributed by atoms with Gasteiger partial charge in [-0.05, 0) is 40.8 Å². The lowest BCUT2D eigenvalue weighted by Crippen LogP contribution is -2.39. The average Bonchev–Trinajstić information content (AvgIpc) is 3.21. The molecule has 1 saturated carbocycles. The number of thiophene rings is 1. The summed E-state index contributed by atoms with van der Waals surface area (Å²) in [7, 11) is 0. The van der Waals surface area contributed by atoms with Crippen LogP contribution in [-0.2, 0) is 11.3 Å². The van der Waals surface area contributed by atoms with E-state index in [9.17, 15) is 4.79 Å². The number of carbonyl (C=O) groups excluding carboxylic acids is 1. The van der Waals surface area contributed by atoms with E-state index >= 15 is 0 Å². The van der Waals surface area contributed by atoms with Gasteiger partial charge in [-0.15, -0.1) is 0 Å². The van der Waals surface area contributed by atoms with Crippen LogP contribution < -0.4 is 5.73 Å². The second-order valence-electron chi connectivity index (χ2n) is 5.22. The maximum Gasteiger partial charge on any atom is 0.244 e. The summed E-state index contributed by atoms with van der Waals surface area (Å²) < 4.78 is 0. The van der Waals surface area contributed by atoms with E-state index in [1.54, 1.807) is 11.3 Å². The molecule has 0 radical (unpaired) electrons. The molecule has 0 bridgehead atoms. The first kappa shape index (κ1) is 13.3. The number of amides is 1. The van der Waals surface area contributed by atoms with Crippen molar-refractivity contribution >= 4 is 17.2 Å². The summed E-state index contributed by atoms with van der Waals surface area (Å²) in [5, 5.41) is 4.14. The van der Waals surface area contributed by atoms with Gasteiger partial charge in [0, 0.05) is 12.6 Å². The number of hydrogen-bond donors (Lipinski definition) is 1.